The Balaban J connectivity index is 1.95. The lowest BCUT2D eigenvalue weighted by Crippen LogP contribution is -2.45. The molecule has 0 aromatic heterocycles. The normalized spacial score (nSPS) is 21.9. The Labute approximate surface area is 134 Å². The zero-order chi connectivity index (χ0) is 16.4. The number of carbonyl (C=O) groups is 1. The van der Waals surface area contributed by atoms with Crippen molar-refractivity contribution in [3.05, 3.63) is 71.8 Å². The van der Waals surface area contributed by atoms with Crippen LogP contribution in [-0.2, 0) is 10.5 Å². The molecule has 2 N–H and O–H groups in total. The predicted molar refractivity (Wildman–Crippen MR) is 86.3 cm³/mol. The van der Waals surface area contributed by atoms with Crippen molar-refractivity contribution in [1.82, 2.24) is 5.01 Å². The van der Waals surface area contributed by atoms with Crippen LogP contribution in [0.1, 0.15) is 30.6 Å². The fourth-order valence-electron chi connectivity index (χ4n) is 2.78. The summed E-state index contributed by atoms with van der Waals surface area (Å²) in [7, 11) is 0. The Morgan fingerprint density at radius 1 is 1.13 bits per heavy atom. The second kappa shape index (κ2) is 5.95. The molecular formula is C18H18N2O3. The molecular weight excluding hydrogens is 292 g/mol. The number of benzene rings is 2. The average Bonchev–Trinajstić information content (AvgIpc) is 2.91. The lowest BCUT2D eigenvalue weighted by atomic mass is 9.97. The zero-order valence-corrected chi connectivity index (χ0v) is 12.8. The van der Waals surface area contributed by atoms with Gasteiger partial charge in [-0.25, -0.2) is 0 Å². The van der Waals surface area contributed by atoms with E-state index in [2.05, 4.69) is 5.10 Å². The van der Waals surface area contributed by atoms with E-state index in [0.717, 1.165) is 5.01 Å². The third kappa shape index (κ3) is 2.76. The zero-order valence-electron chi connectivity index (χ0n) is 12.8. The highest BCUT2D eigenvalue weighted by molar-refractivity contribution is 5.90. The summed E-state index contributed by atoms with van der Waals surface area (Å²) in [4.78, 5) is 12.7. The van der Waals surface area contributed by atoms with Gasteiger partial charge in [0, 0.05) is 17.7 Å². The van der Waals surface area contributed by atoms with Crippen molar-refractivity contribution in [2.24, 2.45) is 5.10 Å². The molecule has 1 aliphatic rings. The quantitative estimate of drug-likeness (QED) is 0.912. The molecule has 0 fully saturated rings. The van der Waals surface area contributed by atoms with Crippen LogP contribution in [0.5, 0.6) is 0 Å². The van der Waals surface area contributed by atoms with E-state index in [9.17, 15) is 15.0 Å². The molecule has 1 heterocycles. The first kappa shape index (κ1) is 15.4. The number of nitrogens with zero attached hydrogens (tertiary/aromatic N) is 2. The minimum atomic E-state index is -1.57. The summed E-state index contributed by atoms with van der Waals surface area (Å²) in [5.41, 5.74) is 0.0879. The SMILES string of the molecule is CC1=NN(C(=O)[C@H](O)c2ccccc2)[C@@](O)(c2ccccc2)C1. The van der Waals surface area contributed by atoms with Crippen LogP contribution in [0.3, 0.4) is 0 Å². The van der Waals surface area contributed by atoms with E-state index in [1.807, 2.05) is 6.07 Å². The number of hydrazone groups is 1. The van der Waals surface area contributed by atoms with E-state index >= 15 is 0 Å². The van der Waals surface area contributed by atoms with Crippen molar-refractivity contribution < 1.29 is 15.0 Å². The van der Waals surface area contributed by atoms with Crippen molar-refractivity contribution in [1.29, 1.82) is 0 Å². The Morgan fingerprint density at radius 2 is 1.70 bits per heavy atom. The summed E-state index contributed by atoms with van der Waals surface area (Å²) in [6.45, 7) is 1.75. The first-order valence-corrected chi connectivity index (χ1v) is 7.41. The van der Waals surface area contributed by atoms with Crippen LogP contribution in [0, 0.1) is 0 Å². The standard InChI is InChI=1S/C18H18N2O3/c1-13-12-18(23,15-10-6-3-7-11-15)20(19-13)17(22)16(21)14-8-4-2-5-9-14/h2-11,16,21,23H,12H2,1H3/t16-,18+/m1/s1. The van der Waals surface area contributed by atoms with E-state index in [4.69, 9.17) is 0 Å². The summed E-state index contributed by atoms with van der Waals surface area (Å²) in [5.74, 6) is -0.653. The summed E-state index contributed by atoms with van der Waals surface area (Å²) in [6, 6.07) is 17.5. The van der Waals surface area contributed by atoms with Crippen molar-refractivity contribution in [2.45, 2.75) is 25.2 Å². The van der Waals surface area contributed by atoms with Crippen LogP contribution < -0.4 is 0 Å². The molecule has 0 saturated heterocycles. The second-order valence-corrected chi connectivity index (χ2v) is 5.66. The maximum absolute atomic E-state index is 12.7. The van der Waals surface area contributed by atoms with Crippen LogP contribution in [0.25, 0.3) is 0 Å². The molecule has 0 radical (unpaired) electrons. The van der Waals surface area contributed by atoms with Gasteiger partial charge in [-0.3, -0.25) is 4.79 Å². The van der Waals surface area contributed by atoms with Gasteiger partial charge in [-0.05, 0) is 12.5 Å². The molecule has 0 saturated carbocycles. The third-order valence-corrected chi connectivity index (χ3v) is 3.92. The van der Waals surface area contributed by atoms with Crippen LogP contribution in [0.4, 0.5) is 0 Å². The molecule has 5 nitrogen and oxygen atoms in total. The molecule has 0 aliphatic carbocycles. The average molecular weight is 310 g/mol. The minimum Gasteiger partial charge on any atom is -0.378 e. The highest BCUT2D eigenvalue weighted by atomic mass is 16.3. The smallest absolute Gasteiger partial charge is 0.279 e. The second-order valence-electron chi connectivity index (χ2n) is 5.66. The Morgan fingerprint density at radius 3 is 2.30 bits per heavy atom. The maximum atomic E-state index is 12.7. The van der Waals surface area contributed by atoms with E-state index in [1.165, 1.54) is 0 Å². The molecule has 2 atom stereocenters. The molecule has 0 bridgehead atoms. The third-order valence-electron chi connectivity index (χ3n) is 3.92. The highest BCUT2D eigenvalue weighted by Gasteiger charge is 2.46. The van der Waals surface area contributed by atoms with Gasteiger partial charge in [-0.1, -0.05) is 60.7 Å². The van der Waals surface area contributed by atoms with Gasteiger partial charge in [0.1, 0.15) is 0 Å². The molecule has 2 aromatic rings. The summed E-state index contributed by atoms with van der Waals surface area (Å²) in [6.07, 6.45) is -1.16. The van der Waals surface area contributed by atoms with Gasteiger partial charge in [-0.15, -0.1) is 0 Å². The van der Waals surface area contributed by atoms with Gasteiger partial charge in [0.25, 0.3) is 5.91 Å². The van der Waals surface area contributed by atoms with Gasteiger partial charge in [0.2, 0.25) is 0 Å². The van der Waals surface area contributed by atoms with Gasteiger partial charge < -0.3 is 10.2 Å². The summed E-state index contributed by atoms with van der Waals surface area (Å²) >= 11 is 0. The molecule has 23 heavy (non-hydrogen) atoms. The molecule has 1 amide bonds. The van der Waals surface area contributed by atoms with Crippen molar-refractivity contribution >= 4 is 11.6 Å². The number of hydrogen-bond acceptors (Lipinski definition) is 4. The molecule has 0 unspecified atom stereocenters. The number of aliphatic hydroxyl groups is 2. The van der Waals surface area contributed by atoms with Crippen molar-refractivity contribution in [3.8, 4) is 0 Å². The van der Waals surface area contributed by atoms with Crippen molar-refractivity contribution in [3.63, 3.8) is 0 Å². The van der Waals surface area contributed by atoms with Gasteiger partial charge in [-0.2, -0.15) is 10.1 Å². The molecule has 2 aromatic carbocycles. The first-order valence-electron chi connectivity index (χ1n) is 7.41. The lowest BCUT2D eigenvalue weighted by Gasteiger charge is -2.32. The Bertz CT molecular complexity index is 730. The van der Waals surface area contributed by atoms with Gasteiger partial charge in [0.05, 0.1) is 0 Å². The number of hydrogen-bond donors (Lipinski definition) is 2. The maximum Gasteiger partial charge on any atom is 0.279 e. The summed E-state index contributed by atoms with van der Waals surface area (Å²) < 4.78 is 0. The Kier molecular flexibility index (Phi) is 3.98. The highest BCUT2D eigenvalue weighted by Crippen LogP contribution is 2.36. The first-order chi connectivity index (χ1) is 11.0. The predicted octanol–water partition coefficient (Wildman–Crippen LogP) is 2.17. The fraction of sp³-hybridized carbons (Fsp3) is 0.222. The monoisotopic (exact) mass is 310 g/mol. The lowest BCUT2D eigenvalue weighted by molar-refractivity contribution is -0.167. The van der Waals surface area contributed by atoms with E-state index in [-0.39, 0.29) is 6.42 Å². The summed E-state index contributed by atoms with van der Waals surface area (Å²) in [5, 5.41) is 26.5. The molecule has 5 heteroatoms. The fourth-order valence-corrected chi connectivity index (χ4v) is 2.78. The number of rotatable bonds is 3. The molecule has 1 aliphatic heterocycles. The Hall–Kier alpha value is -2.50. The van der Waals surface area contributed by atoms with E-state index in [1.54, 1.807) is 61.5 Å². The number of amides is 1. The van der Waals surface area contributed by atoms with Crippen molar-refractivity contribution in [2.75, 3.05) is 0 Å². The minimum absolute atomic E-state index is 0.213. The van der Waals surface area contributed by atoms with Crippen LogP contribution in [0.15, 0.2) is 65.8 Å². The van der Waals surface area contributed by atoms with E-state index < -0.39 is 17.7 Å². The van der Waals surface area contributed by atoms with Crippen LogP contribution in [0.2, 0.25) is 0 Å². The largest absolute Gasteiger partial charge is 0.378 e. The topological polar surface area (TPSA) is 73.1 Å². The van der Waals surface area contributed by atoms with Gasteiger partial charge >= 0.3 is 0 Å². The molecule has 3 rings (SSSR count). The van der Waals surface area contributed by atoms with Crippen LogP contribution in [-0.4, -0.2) is 26.8 Å². The van der Waals surface area contributed by atoms with E-state index in [0.29, 0.717) is 16.8 Å². The molecule has 0 spiro atoms. The van der Waals surface area contributed by atoms with Crippen LogP contribution >= 0.6 is 0 Å². The number of aliphatic hydroxyl groups excluding tert-OH is 1. The van der Waals surface area contributed by atoms with Gasteiger partial charge in [0.15, 0.2) is 11.8 Å². The molecule has 118 valence electrons. The number of carbonyl (C=O) groups excluding carboxylic acids is 1.